The first-order valence-corrected chi connectivity index (χ1v) is 10.7. The van der Waals surface area contributed by atoms with Gasteiger partial charge in [-0.2, -0.15) is 0 Å². The summed E-state index contributed by atoms with van der Waals surface area (Å²) in [4.78, 5) is 4.31. The second kappa shape index (κ2) is 11.3. The van der Waals surface area contributed by atoms with Crippen molar-refractivity contribution in [3.63, 3.8) is 0 Å². The van der Waals surface area contributed by atoms with Crippen molar-refractivity contribution in [3.8, 4) is 11.5 Å². The Kier molecular flexibility index (Phi) is 8.43. The highest BCUT2D eigenvalue weighted by atomic mass is 16.5. The first kappa shape index (κ1) is 21.7. The van der Waals surface area contributed by atoms with Crippen molar-refractivity contribution in [1.82, 2.24) is 10.6 Å². The molecule has 29 heavy (non-hydrogen) atoms. The van der Waals surface area contributed by atoms with Gasteiger partial charge < -0.3 is 29.6 Å². The third-order valence-corrected chi connectivity index (χ3v) is 5.18. The lowest BCUT2D eigenvalue weighted by atomic mass is 10.1. The van der Waals surface area contributed by atoms with E-state index in [1.807, 2.05) is 6.92 Å². The van der Waals surface area contributed by atoms with Crippen LogP contribution in [0.3, 0.4) is 0 Å². The van der Waals surface area contributed by atoms with Crippen molar-refractivity contribution in [2.24, 2.45) is 10.9 Å². The SMILES string of the molecule is CCOc1cc2c(cc1CNC(=NC)NCCCOCC1CCOC1)OC(C)C2. The highest BCUT2D eigenvalue weighted by Crippen LogP contribution is 2.35. The van der Waals surface area contributed by atoms with Crippen LogP contribution in [0.25, 0.3) is 0 Å². The second-order valence-electron chi connectivity index (χ2n) is 7.64. The highest BCUT2D eigenvalue weighted by molar-refractivity contribution is 5.79. The van der Waals surface area contributed by atoms with E-state index in [0.29, 0.717) is 19.1 Å². The fraction of sp³-hybridized carbons (Fsp3) is 0.682. The maximum absolute atomic E-state index is 5.90. The number of nitrogens with one attached hydrogen (secondary N) is 2. The molecule has 0 aromatic heterocycles. The fourth-order valence-electron chi connectivity index (χ4n) is 3.65. The van der Waals surface area contributed by atoms with Gasteiger partial charge in [-0.3, -0.25) is 4.99 Å². The number of hydrogen-bond acceptors (Lipinski definition) is 5. The van der Waals surface area contributed by atoms with Crippen LogP contribution in [0.15, 0.2) is 17.1 Å². The molecule has 1 aromatic carbocycles. The molecule has 1 saturated heterocycles. The zero-order valence-electron chi connectivity index (χ0n) is 18.0. The van der Waals surface area contributed by atoms with Crippen LogP contribution >= 0.6 is 0 Å². The monoisotopic (exact) mass is 405 g/mol. The van der Waals surface area contributed by atoms with Gasteiger partial charge in [-0.15, -0.1) is 0 Å². The van der Waals surface area contributed by atoms with Gasteiger partial charge in [-0.25, -0.2) is 0 Å². The number of guanidine groups is 1. The Bertz CT molecular complexity index is 674. The van der Waals surface area contributed by atoms with Gasteiger partial charge in [0.15, 0.2) is 5.96 Å². The average molecular weight is 406 g/mol. The summed E-state index contributed by atoms with van der Waals surface area (Å²) in [6.07, 6.45) is 3.21. The van der Waals surface area contributed by atoms with Crippen LogP contribution in [0.2, 0.25) is 0 Å². The molecule has 0 bridgehead atoms. The van der Waals surface area contributed by atoms with Crippen LogP contribution < -0.4 is 20.1 Å². The summed E-state index contributed by atoms with van der Waals surface area (Å²) in [5.41, 5.74) is 2.29. The van der Waals surface area contributed by atoms with E-state index in [-0.39, 0.29) is 6.10 Å². The summed E-state index contributed by atoms with van der Waals surface area (Å²) in [7, 11) is 1.78. The maximum Gasteiger partial charge on any atom is 0.191 e. The third kappa shape index (κ3) is 6.51. The minimum absolute atomic E-state index is 0.223. The first-order chi connectivity index (χ1) is 14.2. The Labute approximate surface area is 174 Å². The number of fused-ring (bicyclic) bond motifs is 1. The zero-order valence-corrected chi connectivity index (χ0v) is 18.0. The lowest BCUT2D eigenvalue weighted by Crippen LogP contribution is -2.37. The minimum Gasteiger partial charge on any atom is -0.494 e. The quantitative estimate of drug-likeness (QED) is 0.354. The average Bonchev–Trinajstić information content (AvgIpc) is 3.35. The van der Waals surface area contributed by atoms with Crippen molar-refractivity contribution in [1.29, 1.82) is 0 Å². The zero-order chi connectivity index (χ0) is 20.5. The third-order valence-electron chi connectivity index (χ3n) is 5.18. The summed E-state index contributed by atoms with van der Waals surface area (Å²) in [5.74, 6) is 3.21. The second-order valence-corrected chi connectivity index (χ2v) is 7.64. The van der Waals surface area contributed by atoms with Crippen LogP contribution in [0.1, 0.15) is 37.8 Å². The molecule has 2 aliphatic heterocycles. The van der Waals surface area contributed by atoms with Gasteiger partial charge in [0.2, 0.25) is 0 Å². The molecular weight excluding hydrogens is 370 g/mol. The molecular formula is C22H35N3O4. The Hall–Kier alpha value is -1.99. The molecule has 1 aromatic rings. The van der Waals surface area contributed by atoms with Crippen molar-refractivity contribution in [2.75, 3.05) is 46.6 Å². The van der Waals surface area contributed by atoms with Crippen molar-refractivity contribution in [3.05, 3.63) is 23.3 Å². The van der Waals surface area contributed by atoms with Gasteiger partial charge >= 0.3 is 0 Å². The number of aliphatic imine (C=N–C) groups is 1. The Balaban J connectivity index is 1.41. The van der Waals surface area contributed by atoms with Gasteiger partial charge in [0.1, 0.15) is 17.6 Å². The lowest BCUT2D eigenvalue weighted by Gasteiger charge is -2.16. The molecule has 0 spiro atoms. The summed E-state index contributed by atoms with van der Waals surface area (Å²) in [5, 5.41) is 6.71. The van der Waals surface area contributed by atoms with E-state index < -0.39 is 0 Å². The van der Waals surface area contributed by atoms with Crippen LogP contribution in [0.4, 0.5) is 0 Å². The number of hydrogen-bond donors (Lipinski definition) is 2. The fourth-order valence-corrected chi connectivity index (χ4v) is 3.65. The molecule has 2 atom stereocenters. The topological polar surface area (TPSA) is 73.3 Å². The number of rotatable bonds is 10. The smallest absolute Gasteiger partial charge is 0.191 e. The van der Waals surface area contributed by atoms with Crippen LogP contribution in [0, 0.1) is 5.92 Å². The number of benzene rings is 1. The van der Waals surface area contributed by atoms with E-state index >= 15 is 0 Å². The molecule has 2 unspecified atom stereocenters. The predicted molar refractivity (Wildman–Crippen MR) is 114 cm³/mol. The molecule has 162 valence electrons. The van der Waals surface area contributed by atoms with E-state index in [1.54, 1.807) is 7.05 Å². The number of ether oxygens (including phenoxy) is 4. The van der Waals surface area contributed by atoms with Gasteiger partial charge in [0.25, 0.3) is 0 Å². The van der Waals surface area contributed by atoms with Gasteiger partial charge in [-0.1, -0.05) is 0 Å². The Morgan fingerprint density at radius 2 is 2.21 bits per heavy atom. The van der Waals surface area contributed by atoms with Crippen LogP contribution in [-0.4, -0.2) is 58.7 Å². The molecule has 3 rings (SSSR count). The summed E-state index contributed by atoms with van der Waals surface area (Å²) in [6, 6.07) is 4.20. The van der Waals surface area contributed by atoms with Crippen LogP contribution in [0.5, 0.6) is 11.5 Å². The molecule has 2 aliphatic rings. The largest absolute Gasteiger partial charge is 0.494 e. The molecule has 2 heterocycles. The molecule has 7 heteroatoms. The molecule has 0 aliphatic carbocycles. The molecule has 1 fully saturated rings. The van der Waals surface area contributed by atoms with E-state index in [4.69, 9.17) is 18.9 Å². The van der Waals surface area contributed by atoms with Crippen molar-refractivity contribution >= 4 is 5.96 Å². The summed E-state index contributed by atoms with van der Waals surface area (Å²) in [6.45, 7) is 9.43. The lowest BCUT2D eigenvalue weighted by molar-refractivity contribution is 0.0888. The van der Waals surface area contributed by atoms with Gasteiger partial charge in [-0.05, 0) is 38.8 Å². The molecule has 0 saturated carbocycles. The predicted octanol–water partition coefficient (Wildman–Crippen LogP) is 2.52. The Morgan fingerprint density at radius 1 is 1.31 bits per heavy atom. The molecule has 7 nitrogen and oxygen atoms in total. The van der Waals surface area contributed by atoms with E-state index in [0.717, 1.165) is 75.3 Å². The minimum atomic E-state index is 0.223. The Morgan fingerprint density at radius 3 is 2.97 bits per heavy atom. The van der Waals surface area contributed by atoms with E-state index in [9.17, 15) is 0 Å². The van der Waals surface area contributed by atoms with Gasteiger partial charge in [0, 0.05) is 56.8 Å². The standard InChI is InChI=1S/C22H35N3O4/c1-4-28-20-11-18-10-16(2)29-21(18)12-19(20)13-25-22(23-3)24-7-5-8-26-14-17-6-9-27-15-17/h11-12,16-17H,4-10,13-15H2,1-3H3,(H2,23,24,25). The first-order valence-electron chi connectivity index (χ1n) is 10.7. The molecule has 0 radical (unpaired) electrons. The van der Waals surface area contributed by atoms with E-state index in [2.05, 4.69) is 34.7 Å². The van der Waals surface area contributed by atoms with Crippen molar-refractivity contribution in [2.45, 2.75) is 45.8 Å². The summed E-state index contributed by atoms with van der Waals surface area (Å²) < 4.78 is 22.9. The van der Waals surface area contributed by atoms with Gasteiger partial charge in [0.05, 0.1) is 19.8 Å². The van der Waals surface area contributed by atoms with E-state index in [1.165, 1.54) is 5.56 Å². The normalized spacial score (nSPS) is 21.0. The molecule has 0 amide bonds. The molecule has 2 N–H and O–H groups in total. The summed E-state index contributed by atoms with van der Waals surface area (Å²) >= 11 is 0. The number of nitrogens with zero attached hydrogens (tertiary/aromatic N) is 1. The maximum atomic E-state index is 5.90. The highest BCUT2D eigenvalue weighted by Gasteiger charge is 2.22. The van der Waals surface area contributed by atoms with Crippen LogP contribution in [-0.2, 0) is 22.4 Å². The van der Waals surface area contributed by atoms with Crippen molar-refractivity contribution < 1.29 is 18.9 Å².